The maximum Gasteiger partial charge on any atom is 0.274 e. The van der Waals surface area contributed by atoms with Gasteiger partial charge in [0.2, 0.25) is 0 Å². The Morgan fingerprint density at radius 3 is 2.95 bits per heavy atom. The molecule has 0 bridgehead atoms. The van der Waals surface area contributed by atoms with Crippen molar-refractivity contribution in [3.63, 3.8) is 0 Å². The van der Waals surface area contributed by atoms with Gasteiger partial charge in [0.1, 0.15) is 0 Å². The van der Waals surface area contributed by atoms with Crippen LogP contribution in [0.3, 0.4) is 0 Å². The Bertz CT molecular complexity index is 589. The molecular weight excluding hydrogens is 296 g/mol. The zero-order chi connectivity index (χ0) is 15.8. The van der Waals surface area contributed by atoms with Gasteiger partial charge >= 0.3 is 0 Å². The number of nitrogens with zero attached hydrogens (tertiary/aromatic N) is 2. The SMILES string of the molecule is C=CCNC(=S)N/N=C\c1cc([N+](=O)[O-])cc(OC)c1O. The molecule has 0 aliphatic heterocycles. The molecule has 0 spiro atoms. The second-order valence-electron chi connectivity index (χ2n) is 3.71. The van der Waals surface area contributed by atoms with Crippen LogP contribution in [0.4, 0.5) is 5.69 Å². The fraction of sp³-hybridized carbons (Fsp3) is 0.167. The van der Waals surface area contributed by atoms with Crippen LogP contribution in [0.2, 0.25) is 0 Å². The normalized spacial score (nSPS) is 10.1. The molecule has 0 amide bonds. The highest BCUT2D eigenvalue weighted by Crippen LogP contribution is 2.33. The van der Waals surface area contributed by atoms with Crippen molar-refractivity contribution in [3.05, 3.63) is 40.5 Å². The van der Waals surface area contributed by atoms with E-state index in [0.29, 0.717) is 6.54 Å². The molecule has 3 N–H and O–H groups in total. The molecule has 0 aliphatic rings. The number of benzene rings is 1. The molecule has 0 fully saturated rings. The van der Waals surface area contributed by atoms with E-state index in [-0.39, 0.29) is 27.9 Å². The van der Waals surface area contributed by atoms with Crippen LogP contribution < -0.4 is 15.5 Å². The standard InChI is InChI=1S/C12H14N4O4S/c1-3-4-13-12(21)15-14-7-8-5-9(16(18)19)6-10(20-2)11(8)17/h3,5-7,17H,1,4H2,2H3,(H2,13,15,21)/b14-7-. The number of nitro groups is 1. The van der Waals surface area contributed by atoms with E-state index in [0.717, 1.165) is 6.07 Å². The molecule has 1 aromatic carbocycles. The van der Waals surface area contributed by atoms with Crippen molar-refractivity contribution >= 4 is 29.2 Å². The number of hydrogen-bond donors (Lipinski definition) is 3. The van der Waals surface area contributed by atoms with Gasteiger partial charge in [0.15, 0.2) is 16.6 Å². The molecule has 112 valence electrons. The lowest BCUT2D eigenvalue weighted by Crippen LogP contribution is -2.31. The number of hydrazone groups is 1. The van der Waals surface area contributed by atoms with Crippen molar-refractivity contribution in [2.24, 2.45) is 5.10 Å². The summed E-state index contributed by atoms with van der Waals surface area (Å²) in [6, 6.07) is 2.29. The number of ether oxygens (including phenoxy) is 1. The number of phenolic OH excluding ortho intramolecular Hbond substituents is 1. The third kappa shape index (κ3) is 4.73. The summed E-state index contributed by atoms with van der Waals surface area (Å²) in [4.78, 5) is 10.2. The average molecular weight is 310 g/mol. The highest BCUT2D eigenvalue weighted by atomic mass is 32.1. The first-order valence-corrected chi connectivity index (χ1v) is 6.13. The molecule has 9 heteroatoms. The van der Waals surface area contributed by atoms with E-state index < -0.39 is 4.92 Å². The van der Waals surface area contributed by atoms with Gasteiger partial charge in [0.25, 0.3) is 5.69 Å². The highest BCUT2D eigenvalue weighted by molar-refractivity contribution is 7.80. The third-order valence-electron chi connectivity index (χ3n) is 2.30. The van der Waals surface area contributed by atoms with Crippen molar-refractivity contribution in [2.75, 3.05) is 13.7 Å². The van der Waals surface area contributed by atoms with Gasteiger partial charge < -0.3 is 15.2 Å². The zero-order valence-electron chi connectivity index (χ0n) is 11.2. The van der Waals surface area contributed by atoms with E-state index >= 15 is 0 Å². The van der Waals surface area contributed by atoms with Crippen LogP contribution in [0.15, 0.2) is 29.9 Å². The van der Waals surface area contributed by atoms with E-state index in [9.17, 15) is 15.2 Å². The molecule has 0 saturated heterocycles. The molecular formula is C12H14N4O4S. The molecule has 0 radical (unpaired) electrons. The second kappa shape index (κ2) is 7.80. The number of nitrogens with one attached hydrogen (secondary N) is 2. The van der Waals surface area contributed by atoms with Gasteiger partial charge in [0, 0.05) is 18.2 Å². The minimum absolute atomic E-state index is 0.0157. The number of hydrogen-bond acceptors (Lipinski definition) is 6. The summed E-state index contributed by atoms with van der Waals surface area (Å²) in [5.41, 5.74) is 2.40. The van der Waals surface area contributed by atoms with E-state index in [2.05, 4.69) is 22.4 Å². The molecule has 0 aromatic heterocycles. The van der Waals surface area contributed by atoms with Crippen LogP contribution in [0.5, 0.6) is 11.5 Å². The van der Waals surface area contributed by atoms with Gasteiger partial charge in [-0.05, 0) is 12.2 Å². The molecule has 0 aliphatic carbocycles. The van der Waals surface area contributed by atoms with E-state index in [1.165, 1.54) is 19.4 Å². The van der Waals surface area contributed by atoms with Crippen LogP contribution in [-0.4, -0.2) is 35.0 Å². The Hall–Kier alpha value is -2.68. The molecule has 0 saturated carbocycles. The Kier molecular flexibility index (Phi) is 6.08. The predicted molar refractivity (Wildman–Crippen MR) is 82.8 cm³/mol. The Morgan fingerprint density at radius 2 is 2.38 bits per heavy atom. The number of aromatic hydroxyl groups is 1. The third-order valence-corrected chi connectivity index (χ3v) is 2.53. The lowest BCUT2D eigenvalue weighted by molar-refractivity contribution is -0.385. The number of nitro benzene ring substituents is 1. The topological polar surface area (TPSA) is 109 Å². The molecule has 21 heavy (non-hydrogen) atoms. The van der Waals surface area contributed by atoms with Crippen LogP contribution >= 0.6 is 12.2 Å². The Morgan fingerprint density at radius 1 is 1.67 bits per heavy atom. The first-order chi connectivity index (χ1) is 9.99. The predicted octanol–water partition coefficient (Wildman–Crippen LogP) is 1.29. The van der Waals surface area contributed by atoms with Crippen molar-refractivity contribution in [1.82, 2.24) is 10.7 Å². The zero-order valence-corrected chi connectivity index (χ0v) is 12.0. The maximum atomic E-state index is 10.8. The number of methoxy groups -OCH3 is 1. The Balaban J connectivity index is 2.91. The minimum atomic E-state index is -0.594. The van der Waals surface area contributed by atoms with E-state index in [4.69, 9.17) is 17.0 Å². The van der Waals surface area contributed by atoms with Crippen molar-refractivity contribution in [3.8, 4) is 11.5 Å². The number of non-ortho nitro benzene ring substituents is 1. The van der Waals surface area contributed by atoms with Crippen molar-refractivity contribution in [2.45, 2.75) is 0 Å². The molecule has 0 unspecified atom stereocenters. The lowest BCUT2D eigenvalue weighted by atomic mass is 10.2. The monoisotopic (exact) mass is 310 g/mol. The van der Waals surface area contributed by atoms with E-state index in [1.807, 2.05) is 0 Å². The summed E-state index contributed by atoms with van der Waals surface area (Å²) in [5, 5.41) is 27.5. The fourth-order valence-corrected chi connectivity index (χ4v) is 1.47. The summed E-state index contributed by atoms with van der Waals surface area (Å²) in [6.07, 6.45) is 2.82. The van der Waals surface area contributed by atoms with E-state index in [1.54, 1.807) is 6.08 Å². The molecule has 8 nitrogen and oxygen atoms in total. The van der Waals surface area contributed by atoms with Crippen LogP contribution in [0.1, 0.15) is 5.56 Å². The summed E-state index contributed by atoms with van der Waals surface area (Å²) in [6.45, 7) is 3.99. The van der Waals surface area contributed by atoms with Crippen LogP contribution in [0.25, 0.3) is 0 Å². The largest absolute Gasteiger partial charge is 0.504 e. The first kappa shape index (κ1) is 16.4. The minimum Gasteiger partial charge on any atom is -0.504 e. The second-order valence-corrected chi connectivity index (χ2v) is 4.12. The van der Waals surface area contributed by atoms with Gasteiger partial charge in [-0.3, -0.25) is 15.5 Å². The molecule has 1 rings (SSSR count). The van der Waals surface area contributed by atoms with Gasteiger partial charge in [-0.15, -0.1) is 6.58 Å². The lowest BCUT2D eigenvalue weighted by Gasteiger charge is -2.06. The molecule has 0 atom stereocenters. The number of thiocarbonyl (C=S) groups is 1. The number of rotatable bonds is 6. The first-order valence-electron chi connectivity index (χ1n) is 5.72. The van der Waals surface area contributed by atoms with Gasteiger partial charge in [-0.25, -0.2) is 0 Å². The average Bonchev–Trinajstić information content (AvgIpc) is 2.46. The van der Waals surface area contributed by atoms with Crippen LogP contribution in [0, 0.1) is 10.1 Å². The molecule has 0 heterocycles. The summed E-state index contributed by atoms with van der Waals surface area (Å²) < 4.78 is 4.87. The summed E-state index contributed by atoms with van der Waals surface area (Å²) >= 11 is 4.90. The van der Waals surface area contributed by atoms with Gasteiger partial charge in [0.05, 0.1) is 24.3 Å². The van der Waals surface area contributed by atoms with Gasteiger partial charge in [-0.1, -0.05) is 6.08 Å². The van der Waals surface area contributed by atoms with Crippen LogP contribution in [-0.2, 0) is 0 Å². The Labute approximate surface area is 126 Å². The highest BCUT2D eigenvalue weighted by Gasteiger charge is 2.15. The summed E-state index contributed by atoms with van der Waals surface area (Å²) in [5.74, 6) is -0.267. The quantitative estimate of drug-likeness (QED) is 0.239. The van der Waals surface area contributed by atoms with Gasteiger partial charge in [-0.2, -0.15) is 5.10 Å². The maximum absolute atomic E-state index is 10.8. The van der Waals surface area contributed by atoms with Crippen molar-refractivity contribution < 1.29 is 14.8 Å². The summed E-state index contributed by atoms with van der Waals surface area (Å²) in [7, 11) is 1.30. The van der Waals surface area contributed by atoms with Crippen molar-refractivity contribution in [1.29, 1.82) is 0 Å². The number of phenols is 1. The smallest absolute Gasteiger partial charge is 0.274 e. The molecule has 1 aromatic rings. The fourth-order valence-electron chi connectivity index (χ4n) is 1.34.